The Morgan fingerprint density at radius 2 is 1.78 bits per heavy atom. The molecule has 5 heteroatoms. The Balaban J connectivity index is 3.01. The Morgan fingerprint density at radius 3 is 2.17 bits per heavy atom. The summed E-state index contributed by atoms with van der Waals surface area (Å²) < 4.78 is 0. The summed E-state index contributed by atoms with van der Waals surface area (Å²) in [6.07, 6.45) is 0. The molecule has 18 heavy (non-hydrogen) atoms. The summed E-state index contributed by atoms with van der Waals surface area (Å²) in [6, 6.07) is 4.81. The summed E-state index contributed by atoms with van der Waals surface area (Å²) in [5.41, 5.74) is 6.40. The molecule has 0 radical (unpaired) electrons. The summed E-state index contributed by atoms with van der Waals surface area (Å²) in [7, 11) is 0. The third-order valence-corrected chi connectivity index (χ3v) is 3.39. The molecule has 0 fully saturated rings. The molecule has 0 aliphatic rings. The number of halogens is 2. The van der Waals surface area contributed by atoms with Crippen LogP contribution in [-0.4, -0.2) is 22.9 Å². The highest BCUT2D eigenvalue weighted by Crippen LogP contribution is 2.26. The number of hydrogen-bond acceptors (Lipinski definition) is 2. The molecule has 3 nitrogen and oxygen atoms in total. The molecule has 1 aromatic rings. The number of carbonyl (C=O) groups excluding carboxylic acids is 1. The van der Waals surface area contributed by atoms with E-state index in [0.717, 1.165) is 5.56 Å². The Morgan fingerprint density at radius 1 is 1.28 bits per heavy atom. The number of benzene rings is 1. The molecule has 0 spiro atoms. The second kappa shape index (κ2) is 6.41. The first-order valence-electron chi connectivity index (χ1n) is 5.83. The van der Waals surface area contributed by atoms with Gasteiger partial charge in [0.15, 0.2) is 0 Å². The zero-order chi connectivity index (χ0) is 13.9. The molecule has 0 aliphatic carbocycles. The third-order valence-electron chi connectivity index (χ3n) is 2.69. The quantitative estimate of drug-likeness (QED) is 0.926. The molecule has 1 aromatic carbocycles. The predicted molar refractivity (Wildman–Crippen MR) is 75.8 cm³/mol. The van der Waals surface area contributed by atoms with Crippen molar-refractivity contribution < 1.29 is 4.79 Å². The number of carbonyl (C=O) groups is 1. The summed E-state index contributed by atoms with van der Waals surface area (Å²) in [5, 5.41) is 1.12. The lowest BCUT2D eigenvalue weighted by atomic mass is 10.1. The maximum atomic E-state index is 12.0. The van der Waals surface area contributed by atoms with E-state index < -0.39 is 6.04 Å². The maximum Gasteiger partial charge on any atom is 0.239 e. The number of rotatable bonds is 4. The molecular weight excluding hydrogens is 271 g/mol. The van der Waals surface area contributed by atoms with Crippen LogP contribution in [0.4, 0.5) is 0 Å². The van der Waals surface area contributed by atoms with Crippen molar-refractivity contribution in [1.29, 1.82) is 0 Å². The van der Waals surface area contributed by atoms with E-state index >= 15 is 0 Å². The van der Waals surface area contributed by atoms with Crippen LogP contribution in [0.2, 0.25) is 10.0 Å². The van der Waals surface area contributed by atoms with Gasteiger partial charge in [0.05, 0.1) is 6.04 Å². The van der Waals surface area contributed by atoms with Gasteiger partial charge in [-0.15, -0.1) is 0 Å². The minimum atomic E-state index is -0.534. The van der Waals surface area contributed by atoms with Crippen LogP contribution < -0.4 is 5.73 Å². The Bertz CT molecular complexity index is 413. The highest BCUT2D eigenvalue weighted by Gasteiger charge is 2.22. The molecule has 100 valence electrons. The molecule has 2 N–H and O–H groups in total. The van der Waals surface area contributed by atoms with Gasteiger partial charge in [-0.2, -0.15) is 0 Å². The first-order valence-corrected chi connectivity index (χ1v) is 6.59. The number of nitrogens with two attached hydrogens (primary N) is 1. The Hall–Kier alpha value is -0.770. The van der Waals surface area contributed by atoms with Crippen molar-refractivity contribution >= 4 is 29.1 Å². The van der Waals surface area contributed by atoms with Gasteiger partial charge in [0, 0.05) is 28.2 Å². The number of hydrogen-bond donors (Lipinski definition) is 1. The van der Waals surface area contributed by atoms with Crippen molar-refractivity contribution in [2.24, 2.45) is 5.73 Å². The molecule has 0 saturated heterocycles. The van der Waals surface area contributed by atoms with Gasteiger partial charge >= 0.3 is 0 Å². The van der Waals surface area contributed by atoms with Crippen LogP contribution >= 0.6 is 23.2 Å². The minimum absolute atomic E-state index is 0.0378. The zero-order valence-electron chi connectivity index (χ0n) is 10.8. The second-order valence-corrected chi connectivity index (χ2v) is 5.36. The average Bonchev–Trinajstić information content (AvgIpc) is 2.27. The molecule has 0 bridgehead atoms. The molecule has 0 aliphatic heterocycles. The van der Waals surface area contributed by atoms with Crippen molar-refractivity contribution in [1.82, 2.24) is 4.90 Å². The van der Waals surface area contributed by atoms with E-state index in [1.54, 1.807) is 30.0 Å². The first kappa shape index (κ1) is 15.3. The van der Waals surface area contributed by atoms with Gasteiger partial charge < -0.3 is 10.6 Å². The molecule has 1 atom stereocenters. The summed E-state index contributed by atoms with van der Waals surface area (Å²) >= 11 is 12.2. The van der Waals surface area contributed by atoms with Gasteiger partial charge in [-0.3, -0.25) is 4.79 Å². The third kappa shape index (κ3) is 3.61. The first-order chi connectivity index (χ1) is 8.34. The van der Waals surface area contributed by atoms with Crippen molar-refractivity contribution in [2.45, 2.75) is 39.4 Å². The molecule has 1 rings (SSSR count). The lowest BCUT2D eigenvalue weighted by Crippen LogP contribution is -2.45. The van der Waals surface area contributed by atoms with E-state index in [1.807, 2.05) is 13.8 Å². The van der Waals surface area contributed by atoms with Gasteiger partial charge in [-0.05, 0) is 32.9 Å². The smallest absolute Gasteiger partial charge is 0.239 e. The molecule has 0 unspecified atom stereocenters. The van der Waals surface area contributed by atoms with Gasteiger partial charge in [0.2, 0.25) is 5.91 Å². The number of amides is 1. The van der Waals surface area contributed by atoms with E-state index in [0.29, 0.717) is 16.6 Å². The SMILES string of the molecule is CC(C)N(Cc1c(Cl)cccc1Cl)C(=O)[C@H](C)N. The van der Waals surface area contributed by atoms with Gasteiger partial charge in [-0.25, -0.2) is 0 Å². The molecule has 0 heterocycles. The van der Waals surface area contributed by atoms with Crippen LogP contribution in [-0.2, 0) is 11.3 Å². The molecule has 0 aromatic heterocycles. The molecular formula is C13H18Cl2N2O. The lowest BCUT2D eigenvalue weighted by molar-refractivity contribution is -0.134. The highest BCUT2D eigenvalue weighted by molar-refractivity contribution is 6.36. The van der Waals surface area contributed by atoms with Crippen LogP contribution in [0.3, 0.4) is 0 Å². The molecule has 0 saturated carbocycles. The Kier molecular flexibility index (Phi) is 5.45. The molecule has 1 amide bonds. The fourth-order valence-corrected chi connectivity index (χ4v) is 2.15. The highest BCUT2D eigenvalue weighted by atomic mass is 35.5. The lowest BCUT2D eigenvalue weighted by Gasteiger charge is -2.29. The van der Waals surface area contributed by atoms with Crippen LogP contribution in [0.25, 0.3) is 0 Å². The van der Waals surface area contributed by atoms with Crippen molar-refractivity contribution in [3.05, 3.63) is 33.8 Å². The van der Waals surface area contributed by atoms with E-state index in [1.165, 1.54) is 0 Å². The van der Waals surface area contributed by atoms with Crippen LogP contribution in [0, 0.1) is 0 Å². The summed E-state index contributed by atoms with van der Waals surface area (Å²) in [6.45, 7) is 5.92. The standard InChI is InChI=1S/C13H18Cl2N2O/c1-8(2)17(13(18)9(3)16)7-10-11(14)5-4-6-12(10)15/h4-6,8-9H,7,16H2,1-3H3/t9-/m0/s1. The zero-order valence-corrected chi connectivity index (χ0v) is 12.3. The predicted octanol–water partition coefficient (Wildman–Crippen LogP) is 3.08. The van der Waals surface area contributed by atoms with Crippen molar-refractivity contribution in [3.63, 3.8) is 0 Å². The minimum Gasteiger partial charge on any atom is -0.334 e. The fraction of sp³-hybridized carbons (Fsp3) is 0.462. The van der Waals surface area contributed by atoms with E-state index in [9.17, 15) is 4.79 Å². The van der Waals surface area contributed by atoms with Crippen LogP contribution in [0.5, 0.6) is 0 Å². The monoisotopic (exact) mass is 288 g/mol. The summed E-state index contributed by atoms with van der Waals surface area (Å²) in [4.78, 5) is 13.7. The van der Waals surface area contributed by atoms with E-state index in [4.69, 9.17) is 28.9 Å². The second-order valence-electron chi connectivity index (χ2n) is 4.55. The topological polar surface area (TPSA) is 46.3 Å². The van der Waals surface area contributed by atoms with Crippen molar-refractivity contribution in [3.8, 4) is 0 Å². The van der Waals surface area contributed by atoms with E-state index in [-0.39, 0.29) is 11.9 Å². The van der Waals surface area contributed by atoms with Gasteiger partial charge in [0.25, 0.3) is 0 Å². The van der Waals surface area contributed by atoms with Gasteiger partial charge in [0.1, 0.15) is 0 Å². The maximum absolute atomic E-state index is 12.0. The Labute approximate surface area is 118 Å². The summed E-state index contributed by atoms with van der Waals surface area (Å²) in [5.74, 6) is -0.110. The van der Waals surface area contributed by atoms with Gasteiger partial charge in [-0.1, -0.05) is 29.3 Å². The van der Waals surface area contributed by atoms with E-state index in [2.05, 4.69) is 0 Å². The average molecular weight is 289 g/mol. The largest absolute Gasteiger partial charge is 0.334 e. The fourth-order valence-electron chi connectivity index (χ4n) is 1.63. The normalized spacial score (nSPS) is 12.6. The number of nitrogens with zero attached hydrogens (tertiary/aromatic N) is 1. The van der Waals surface area contributed by atoms with Crippen LogP contribution in [0.15, 0.2) is 18.2 Å². The van der Waals surface area contributed by atoms with Crippen LogP contribution in [0.1, 0.15) is 26.3 Å². The van der Waals surface area contributed by atoms with Crippen molar-refractivity contribution in [2.75, 3.05) is 0 Å².